The quantitative estimate of drug-likeness (QED) is 0.381. The molecule has 0 amide bonds. The van der Waals surface area contributed by atoms with Crippen molar-refractivity contribution in [2.45, 2.75) is 12.6 Å². The number of carbonyl (C=O) groups excluding carboxylic acids is 1. The topological polar surface area (TPSA) is 29.5 Å². The summed E-state index contributed by atoms with van der Waals surface area (Å²) < 4.78 is 5.13. The fourth-order valence-electron chi connectivity index (χ4n) is 4.36. The maximum Gasteiger partial charge on any atom is 0.338 e. The second kappa shape index (κ2) is 8.11. The fourth-order valence-corrected chi connectivity index (χ4v) is 4.36. The Bertz CT molecular complexity index is 1280. The number of rotatable bonds is 4. The van der Waals surface area contributed by atoms with Gasteiger partial charge in [-0.05, 0) is 40.1 Å². The molecule has 5 rings (SSSR count). The summed E-state index contributed by atoms with van der Waals surface area (Å²) in [5.74, 6) is -0.308. The lowest BCUT2D eigenvalue weighted by molar-refractivity contribution is -0.133. The third kappa shape index (κ3) is 3.59. The lowest BCUT2D eigenvalue weighted by Crippen LogP contribution is -2.31. The normalized spacial score (nSPS) is 15.3. The molecule has 0 aromatic heterocycles. The van der Waals surface area contributed by atoms with E-state index >= 15 is 0 Å². The molecule has 0 spiro atoms. The molecule has 1 heterocycles. The van der Waals surface area contributed by atoms with Crippen molar-refractivity contribution >= 4 is 28.0 Å². The smallest absolute Gasteiger partial charge is 0.338 e. The number of esters is 1. The van der Waals surface area contributed by atoms with Gasteiger partial charge in [0.1, 0.15) is 0 Å². The summed E-state index contributed by atoms with van der Waals surface area (Å²) in [6, 6.07) is 33.3. The van der Waals surface area contributed by atoms with Gasteiger partial charge in [-0.15, -0.1) is 0 Å². The average molecular weight is 405 g/mol. The van der Waals surface area contributed by atoms with Crippen LogP contribution in [0.5, 0.6) is 0 Å². The lowest BCUT2D eigenvalue weighted by Gasteiger charge is -2.38. The van der Waals surface area contributed by atoms with Gasteiger partial charge in [0.25, 0.3) is 0 Å². The van der Waals surface area contributed by atoms with Gasteiger partial charge in [-0.25, -0.2) is 4.79 Å². The van der Waals surface area contributed by atoms with Crippen LogP contribution in [0.25, 0.3) is 16.3 Å². The molecule has 0 saturated carbocycles. The molecule has 0 aliphatic carbocycles. The van der Waals surface area contributed by atoms with E-state index in [1.54, 1.807) is 0 Å². The molecule has 0 bridgehead atoms. The lowest BCUT2D eigenvalue weighted by atomic mass is 9.90. The molecule has 0 fully saturated rings. The molecule has 4 aromatic rings. The van der Waals surface area contributed by atoms with Crippen LogP contribution in [0.3, 0.4) is 0 Å². The largest absolute Gasteiger partial charge is 0.465 e. The van der Waals surface area contributed by atoms with Crippen molar-refractivity contribution in [3.8, 4) is 0 Å². The average Bonchev–Trinajstić information content (AvgIpc) is 2.84. The molecule has 0 N–H and O–H groups in total. The predicted octanol–water partition coefficient (Wildman–Crippen LogP) is 6.16. The Morgan fingerprint density at radius 2 is 1.55 bits per heavy atom. The number of carbonyl (C=O) groups is 1. The van der Waals surface area contributed by atoms with Crippen LogP contribution in [0, 0.1) is 0 Å². The van der Waals surface area contributed by atoms with Crippen LogP contribution in [0.1, 0.15) is 22.7 Å². The number of methoxy groups -OCH3 is 1. The Labute approximate surface area is 182 Å². The van der Waals surface area contributed by atoms with Crippen LogP contribution < -0.4 is 4.90 Å². The maximum atomic E-state index is 12.7. The number of ether oxygens (including phenoxy) is 1. The number of hydrogen-bond acceptors (Lipinski definition) is 3. The Kier molecular flexibility index (Phi) is 5.01. The molecule has 0 radical (unpaired) electrons. The zero-order valence-corrected chi connectivity index (χ0v) is 17.4. The van der Waals surface area contributed by atoms with Crippen molar-refractivity contribution in [2.75, 3.05) is 12.0 Å². The van der Waals surface area contributed by atoms with E-state index in [4.69, 9.17) is 4.74 Å². The predicted molar refractivity (Wildman–Crippen MR) is 126 cm³/mol. The fraction of sp³-hybridized carbons (Fsp3) is 0.107. The van der Waals surface area contributed by atoms with E-state index in [0.717, 1.165) is 23.4 Å². The van der Waals surface area contributed by atoms with E-state index < -0.39 is 0 Å². The molecule has 1 aliphatic heterocycles. The van der Waals surface area contributed by atoms with Gasteiger partial charge in [0, 0.05) is 17.8 Å². The molecular weight excluding hydrogens is 382 g/mol. The van der Waals surface area contributed by atoms with Gasteiger partial charge in [-0.1, -0.05) is 84.9 Å². The van der Waals surface area contributed by atoms with Gasteiger partial charge >= 0.3 is 5.97 Å². The van der Waals surface area contributed by atoms with Crippen molar-refractivity contribution in [3.05, 3.63) is 120 Å². The zero-order chi connectivity index (χ0) is 21.2. The summed E-state index contributed by atoms with van der Waals surface area (Å²) in [7, 11) is 1.44. The molecule has 4 aromatic carbocycles. The van der Waals surface area contributed by atoms with Gasteiger partial charge in [-0.3, -0.25) is 0 Å². The van der Waals surface area contributed by atoms with Crippen molar-refractivity contribution in [1.29, 1.82) is 0 Å². The van der Waals surface area contributed by atoms with E-state index in [1.165, 1.54) is 23.4 Å². The number of hydrogen-bond donors (Lipinski definition) is 0. The van der Waals surface area contributed by atoms with Gasteiger partial charge in [0.15, 0.2) is 0 Å². The number of anilines is 1. The van der Waals surface area contributed by atoms with Crippen molar-refractivity contribution in [1.82, 2.24) is 0 Å². The number of para-hydroxylation sites is 1. The first-order valence-corrected chi connectivity index (χ1v) is 10.4. The minimum Gasteiger partial charge on any atom is -0.465 e. The Morgan fingerprint density at radius 3 is 2.35 bits per heavy atom. The molecule has 1 aliphatic rings. The minimum atomic E-state index is -0.308. The summed E-state index contributed by atoms with van der Waals surface area (Å²) >= 11 is 0. The molecule has 1 unspecified atom stereocenters. The molecule has 31 heavy (non-hydrogen) atoms. The summed E-state index contributed by atoms with van der Waals surface area (Å²) in [5.41, 5.74) is 4.92. The Balaban J connectivity index is 1.68. The van der Waals surface area contributed by atoms with Gasteiger partial charge in [0.05, 0.1) is 18.7 Å². The summed E-state index contributed by atoms with van der Waals surface area (Å²) in [6.07, 6.45) is 2.04. The molecule has 0 saturated heterocycles. The second-order valence-corrected chi connectivity index (χ2v) is 7.75. The minimum absolute atomic E-state index is 0.0891. The second-order valence-electron chi connectivity index (χ2n) is 7.75. The van der Waals surface area contributed by atoms with E-state index in [0.29, 0.717) is 5.57 Å². The first-order chi connectivity index (χ1) is 15.2. The van der Waals surface area contributed by atoms with Crippen molar-refractivity contribution in [3.63, 3.8) is 0 Å². The van der Waals surface area contributed by atoms with Crippen LogP contribution in [-0.4, -0.2) is 13.1 Å². The Hall–Kier alpha value is -3.85. The van der Waals surface area contributed by atoms with Crippen LogP contribution in [-0.2, 0) is 16.1 Å². The summed E-state index contributed by atoms with van der Waals surface area (Å²) in [5, 5.41) is 2.39. The summed E-state index contributed by atoms with van der Waals surface area (Å²) in [4.78, 5) is 15.0. The van der Waals surface area contributed by atoms with Gasteiger partial charge in [-0.2, -0.15) is 0 Å². The Morgan fingerprint density at radius 1 is 0.839 bits per heavy atom. The first kappa shape index (κ1) is 19.1. The van der Waals surface area contributed by atoms with Gasteiger partial charge in [0.2, 0.25) is 0 Å². The van der Waals surface area contributed by atoms with E-state index in [-0.39, 0.29) is 12.0 Å². The van der Waals surface area contributed by atoms with E-state index in [2.05, 4.69) is 77.7 Å². The number of nitrogens with zero attached hydrogens (tertiary/aromatic N) is 1. The molecule has 3 nitrogen and oxygen atoms in total. The van der Waals surface area contributed by atoms with Crippen molar-refractivity contribution in [2.24, 2.45) is 0 Å². The van der Waals surface area contributed by atoms with Crippen molar-refractivity contribution < 1.29 is 9.53 Å². The number of benzene rings is 4. The van der Waals surface area contributed by atoms with E-state index in [9.17, 15) is 4.79 Å². The highest BCUT2D eigenvalue weighted by Crippen LogP contribution is 2.42. The molecule has 3 heteroatoms. The highest BCUT2D eigenvalue weighted by molar-refractivity contribution is 6.19. The maximum absolute atomic E-state index is 12.7. The molecular formula is C28H23NO2. The van der Waals surface area contributed by atoms with Crippen LogP contribution >= 0.6 is 0 Å². The standard InChI is InChI=1S/C28H23NO2/c1-31-28(30)25-18-27(23-16-15-21-11-5-6-12-22(21)17-23)29(19-20-9-3-2-4-10-20)26-14-8-7-13-24(25)26/h2-18,27H,19H2,1H3. The third-order valence-electron chi connectivity index (χ3n) is 5.88. The zero-order valence-electron chi connectivity index (χ0n) is 17.4. The van der Waals surface area contributed by atoms with Gasteiger partial charge < -0.3 is 9.64 Å². The SMILES string of the molecule is COC(=O)C1=CC(c2ccc3ccccc3c2)N(Cc2ccccc2)c2ccccc21. The number of fused-ring (bicyclic) bond motifs is 2. The summed E-state index contributed by atoms with van der Waals surface area (Å²) in [6.45, 7) is 0.736. The van der Waals surface area contributed by atoms with Crippen LogP contribution in [0.4, 0.5) is 5.69 Å². The third-order valence-corrected chi connectivity index (χ3v) is 5.88. The van der Waals surface area contributed by atoms with Crippen LogP contribution in [0.2, 0.25) is 0 Å². The monoisotopic (exact) mass is 405 g/mol. The first-order valence-electron chi connectivity index (χ1n) is 10.4. The highest BCUT2D eigenvalue weighted by atomic mass is 16.5. The highest BCUT2D eigenvalue weighted by Gasteiger charge is 2.30. The van der Waals surface area contributed by atoms with Crippen LogP contribution in [0.15, 0.2) is 103 Å². The molecule has 152 valence electrons. The molecule has 1 atom stereocenters. The van der Waals surface area contributed by atoms with E-state index in [1.807, 2.05) is 30.3 Å².